The summed E-state index contributed by atoms with van der Waals surface area (Å²) < 4.78 is 6.01. The van der Waals surface area contributed by atoms with E-state index in [9.17, 15) is 9.90 Å². The van der Waals surface area contributed by atoms with E-state index in [0.717, 1.165) is 23.3 Å². The average molecular weight is 384 g/mol. The van der Waals surface area contributed by atoms with Crippen LogP contribution in [0.2, 0.25) is 0 Å². The minimum absolute atomic E-state index is 0.118. The van der Waals surface area contributed by atoms with Crippen LogP contribution in [-0.2, 0) is 6.42 Å². The summed E-state index contributed by atoms with van der Waals surface area (Å²) in [6, 6.07) is 19.1. The van der Waals surface area contributed by atoms with Gasteiger partial charge in [0, 0.05) is 16.5 Å². The van der Waals surface area contributed by atoms with Gasteiger partial charge in [-0.25, -0.2) is 4.98 Å². The standard InChI is InChI=1S/C25H23NO3/c1-3-4-5-17-7-9-18(10-8-17)23-12-13-24(29-23)22-15-20(25(27)28)19-14-16(2)6-11-21(19)26-22/h6-15H,3-5H2,1-2H3,(H,27,28)/p-1. The van der Waals surface area contributed by atoms with E-state index in [1.165, 1.54) is 24.5 Å². The van der Waals surface area contributed by atoms with Gasteiger partial charge in [0.2, 0.25) is 0 Å². The number of benzene rings is 2. The van der Waals surface area contributed by atoms with Gasteiger partial charge < -0.3 is 14.3 Å². The molecular formula is C25H22NO3-. The first-order chi connectivity index (χ1) is 14.0. The Morgan fingerprint density at radius 2 is 1.76 bits per heavy atom. The predicted octanol–water partition coefficient (Wildman–Crippen LogP) is 5.18. The van der Waals surface area contributed by atoms with E-state index in [4.69, 9.17) is 4.42 Å². The van der Waals surface area contributed by atoms with E-state index in [1.807, 2.05) is 37.3 Å². The number of hydrogen-bond donors (Lipinski definition) is 0. The van der Waals surface area contributed by atoms with Gasteiger partial charge in [0.15, 0.2) is 5.76 Å². The molecule has 4 rings (SSSR count). The van der Waals surface area contributed by atoms with Gasteiger partial charge >= 0.3 is 0 Å². The fraction of sp³-hybridized carbons (Fsp3) is 0.200. The zero-order valence-electron chi connectivity index (χ0n) is 16.6. The highest BCUT2D eigenvalue weighted by Gasteiger charge is 2.13. The van der Waals surface area contributed by atoms with Crippen molar-refractivity contribution in [2.45, 2.75) is 33.1 Å². The van der Waals surface area contributed by atoms with Crippen LogP contribution < -0.4 is 5.11 Å². The topological polar surface area (TPSA) is 66.2 Å². The SMILES string of the molecule is CCCCc1ccc(-c2ccc(-c3cc(C(=O)[O-])c4cc(C)ccc4n3)o2)cc1. The molecule has 0 fully saturated rings. The van der Waals surface area contributed by atoms with Crippen molar-refractivity contribution in [2.75, 3.05) is 0 Å². The van der Waals surface area contributed by atoms with Crippen molar-refractivity contribution in [3.8, 4) is 22.8 Å². The van der Waals surface area contributed by atoms with Crippen molar-refractivity contribution >= 4 is 16.9 Å². The summed E-state index contributed by atoms with van der Waals surface area (Å²) in [5.41, 5.74) is 4.46. The van der Waals surface area contributed by atoms with Gasteiger partial charge in [-0.1, -0.05) is 49.2 Å². The number of fused-ring (bicyclic) bond motifs is 1. The predicted molar refractivity (Wildman–Crippen MR) is 113 cm³/mol. The molecule has 0 aliphatic carbocycles. The molecule has 2 aromatic heterocycles. The first kappa shape index (κ1) is 18.9. The van der Waals surface area contributed by atoms with Crippen LogP contribution in [0.1, 0.15) is 41.3 Å². The molecule has 0 saturated heterocycles. The fourth-order valence-corrected chi connectivity index (χ4v) is 3.48. The van der Waals surface area contributed by atoms with E-state index >= 15 is 0 Å². The molecule has 0 radical (unpaired) electrons. The number of furan rings is 1. The van der Waals surface area contributed by atoms with Crippen LogP contribution in [0.5, 0.6) is 0 Å². The number of pyridine rings is 1. The van der Waals surface area contributed by atoms with Crippen molar-refractivity contribution in [1.29, 1.82) is 0 Å². The van der Waals surface area contributed by atoms with E-state index in [2.05, 4.69) is 36.2 Å². The van der Waals surface area contributed by atoms with Crippen LogP contribution in [0.4, 0.5) is 0 Å². The molecule has 29 heavy (non-hydrogen) atoms. The summed E-state index contributed by atoms with van der Waals surface area (Å²) in [5, 5.41) is 12.2. The fourth-order valence-electron chi connectivity index (χ4n) is 3.48. The number of carbonyl (C=O) groups excluding carboxylic acids is 1. The van der Waals surface area contributed by atoms with Gasteiger partial charge in [0.05, 0.1) is 11.5 Å². The normalized spacial score (nSPS) is 11.1. The minimum atomic E-state index is -1.22. The van der Waals surface area contributed by atoms with Crippen molar-refractivity contribution in [3.05, 3.63) is 77.4 Å². The summed E-state index contributed by atoms with van der Waals surface area (Å²) in [6.07, 6.45) is 3.43. The maximum Gasteiger partial charge on any atom is 0.153 e. The number of nitrogens with zero attached hydrogens (tertiary/aromatic N) is 1. The maximum absolute atomic E-state index is 11.7. The Kier molecular flexibility index (Phi) is 5.17. The Bertz CT molecular complexity index is 1170. The van der Waals surface area contributed by atoms with Crippen molar-refractivity contribution in [2.24, 2.45) is 0 Å². The molecule has 146 valence electrons. The molecule has 0 spiro atoms. The molecule has 0 aliphatic rings. The largest absolute Gasteiger partial charge is 0.545 e. The number of hydrogen-bond acceptors (Lipinski definition) is 4. The zero-order chi connectivity index (χ0) is 20.4. The summed E-state index contributed by atoms with van der Waals surface area (Å²) in [4.78, 5) is 16.3. The van der Waals surface area contributed by atoms with Crippen molar-refractivity contribution in [3.63, 3.8) is 0 Å². The summed E-state index contributed by atoms with van der Waals surface area (Å²) >= 11 is 0. The molecule has 0 atom stereocenters. The third-order valence-corrected chi connectivity index (χ3v) is 5.10. The number of carboxylic acids is 1. The molecule has 4 nitrogen and oxygen atoms in total. The van der Waals surface area contributed by atoms with Crippen LogP contribution >= 0.6 is 0 Å². The minimum Gasteiger partial charge on any atom is -0.545 e. The molecule has 0 N–H and O–H groups in total. The second kappa shape index (κ2) is 7.92. The lowest BCUT2D eigenvalue weighted by Crippen LogP contribution is -2.22. The van der Waals surface area contributed by atoms with E-state index in [1.54, 1.807) is 0 Å². The number of carboxylic acid groups (broad SMARTS) is 1. The van der Waals surface area contributed by atoms with Gasteiger partial charge in [-0.2, -0.15) is 0 Å². The Hall–Kier alpha value is -3.40. The second-order valence-corrected chi connectivity index (χ2v) is 7.33. The number of aryl methyl sites for hydroxylation is 2. The third kappa shape index (κ3) is 3.92. The molecule has 0 saturated carbocycles. The Balaban J connectivity index is 1.70. The lowest BCUT2D eigenvalue weighted by atomic mass is 10.0. The van der Waals surface area contributed by atoms with Crippen LogP contribution in [0, 0.1) is 6.92 Å². The summed E-state index contributed by atoms with van der Waals surface area (Å²) in [6.45, 7) is 4.10. The quantitative estimate of drug-likeness (QED) is 0.460. The molecule has 2 aromatic carbocycles. The molecule has 4 heteroatoms. The van der Waals surface area contributed by atoms with E-state index < -0.39 is 5.97 Å². The zero-order valence-corrected chi connectivity index (χ0v) is 16.6. The number of aromatic nitrogens is 1. The first-order valence-electron chi connectivity index (χ1n) is 9.87. The van der Waals surface area contributed by atoms with Gasteiger partial charge in [-0.3, -0.25) is 0 Å². The second-order valence-electron chi connectivity index (χ2n) is 7.33. The van der Waals surface area contributed by atoms with Crippen LogP contribution in [0.3, 0.4) is 0 Å². The Labute approximate surface area is 169 Å². The third-order valence-electron chi connectivity index (χ3n) is 5.10. The average Bonchev–Trinajstić information content (AvgIpc) is 3.22. The van der Waals surface area contributed by atoms with Crippen LogP contribution in [0.15, 0.2) is 65.1 Å². The number of unbranched alkanes of at least 4 members (excludes halogenated alkanes) is 1. The van der Waals surface area contributed by atoms with E-state index in [0.29, 0.717) is 22.4 Å². The molecule has 4 aromatic rings. The molecule has 0 amide bonds. The highest BCUT2D eigenvalue weighted by atomic mass is 16.4. The molecular weight excluding hydrogens is 362 g/mol. The van der Waals surface area contributed by atoms with Crippen molar-refractivity contribution in [1.82, 2.24) is 4.98 Å². The van der Waals surface area contributed by atoms with E-state index in [-0.39, 0.29) is 5.56 Å². The smallest absolute Gasteiger partial charge is 0.153 e. The molecule has 0 aliphatic heterocycles. The number of carbonyl (C=O) groups is 1. The molecule has 2 heterocycles. The summed E-state index contributed by atoms with van der Waals surface area (Å²) in [5.74, 6) is 0.0292. The maximum atomic E-state index is 11.7. The van der Waals surface area contributed by atoms with Crippen LogP contribution in [0.25, 0.3) is 33.7 Å². The van der Waals surface area contributed by atoms with Crippen LogP contribution in [-0.4, -0.2) is 11.0 Å². The van der Waals surface area contributed by atoms with Gasteiger partial charge in [0.25, 0.3) is 0 Å². The highest BCUT2D eigenvalue weighted by Crippen LogP contribution is 2.30. The number of rotatable bonds is 6. The Morgan fingerprint density at radius 1 is 1.00 bits per heavy atom. The highest BCUT2D eigenvalue weighted by molar-refractivity contribution is 6.02. The Morgan fingerprint density at radius 3 is 2.48 bits per heavy atom. The first-order valence-corrected chi connectivity index (χ1v) is 9.87. The monoisotopic (exact) mass is 384 g/mol. The molecule has 0 bridgehead atoms. The van der Waals surface area contributed by atoms with Gasteiger partial charge in [0.1, 0.15) is 11.5 Å². The van der Waals surface area contributed by atoms with Gasteiger partial charge in [-0.05, 0) is 55.7 Å². The summed E-state index contributed by atoms with van der Waals surface area (Å²) in [7, 11) is 0. The molecule has 0 unspecified atom stereocenters. The van der Waals surface area contributed by atoms with Crippen molar-refractivity contribution < 1.29 is 14.3 Å². The van der Waals surface area contributed by atoms with Gasteiger partial charge in [-0.15, -0.1) is 0 Å². The lowest BCUT2D eigenvalue weighted by molar-refractivity contribution is -0.254. The number of aromatic carboxylic acids is 1. The lowest BCUT2D eigenvalue weighted by Gasteiger charge is -2.10.